The molecular formula is C24H26N4O2S. The highest BCUT2D eigenvalue weighted by molar-refractivity contribution is 7.80. The molecule has 0 N–H and O–H groups in total. The number of rotatable bonds is 9. The lowest BCUT2D eigenvalue weighted by molar-refractivity contribution is 0.534. The van der Waals surface area contributed by atoms with Crippen LogP contribution in [-0.4, -0.2) is 24.9 Å². The average Bonchev–Trinajstić information content (AvgIpc) is 2.80. The quantitative estimate of drug-likeness (QED) is 0.242. The van der Waals surface area contributed by atoms with E-state index in [0.717, 1.165) is 49.1 Å². The van der Waals surface area contributed by atoms with E-state index >= 15 is 0 Å². The summed E-state index contributed by atoms with van der Waals surface area (Å²) in [6.45, 7) is 0.368. The molecule has 0 aliphatic carbocycles. The predicted octanol–water partition coefficient (Wildman–Crippen LogP) is 4.32. The van der Waals surface area contributed by atoms with Crippen LogP contribution in [0.15, 0.2) is 64.2 Å². The van der Waals surface area contributed by atoms with Crippen molar-refractivity contribution in [2.75, 3.05) is 5.75 Å². The fraction of sp³-hybridized carbons (Fsp3) is 0.333. The van der Waals surface area contributed by atoms with Crippen LogP contribution in [0.25, 0.3) is 28.2 Å². The van der Waals surface area contributed by atoms with E-state index in [0.29, 0.717) is 17.9 Å². The molecule has 0 saturated heterocycles. The van der Waals surface area contributed by atoms with Crippen molar-refractivity contribution in [1.29, 1.82) is 0 Å². The Bertz CT molecular complexity index is 1250. The van der Waals surface area contributed by atoms with Gasteiger partial charge < -0.3 is 0 Å². The number of para-hydroxylation sites is 3. The molecule has 0 unspecified atom stereocenters. The highest BCUT2D eigenvalue weighted by Gasteiger charge is 2.22. The topological polar surface area (TPSA) is 69.8 Å². The first-order valence-electron chi connectivity index (χ1n) is 10.8. The fourth-order valence-corrected chi connectivity index (χ4v) is 4.10. The minimum absolute atomic E-state index is 0.218. The SMILES string of the molecule is O=c1nc2n(-c3ccccc3)c3ccccc3nc-2c(=O)n1CCCCCCCCS. The molecule has 2 aliphatic heterocycles. The maximum Gasteiger partial charge on any atom is 0.352 e. The molecule has 6 nitrogen and oxygen atoms in total. The molecule has 0 aromatic heterocycles. The summed E-state index contributed by atoms with van der Waals surface area (Å²) in [4.78, 5) is 34.9. The van der Waals surface area contributed by atoms with Crippen LogP contribution in [0.3, 0.4) is 0 Å². The fourth-order valence-electron chi connectivity index (χ4n) is 3.87. The van der Waals surface area contributed by atoms with E-state index in [2.05, 4.69) is 22.6 Å². The number of thiol groups is 1. The molecule has 2 aromatic rings. The molecule has 2 aromatic carbocycles. The maximum absolute atomic E-state index is 13.2. The van der Waals surface area contributed by atoms with E-state index in [1.807, 2.05) is 59.2 Å². The van der Waals surface area contributed by atoms with Gasteiger partial charge in [0, 0.05) is 12.2 Å². The third-order valence-corrected chi connectivity index (χ3v) is 5.78. The second kappa shape index (κ2) is 9.92. The van der Waals surface area contributed by atoms with Crippen LogP contribution >= 0.6 is 12.6 Å². The zero-order valence-electron chi connectivity index (χ0n) is 17.4. The Morgan fingerprint density at radius 2 is 1.45 bits per heavy atom. The Labute approximate surface area is 186 Å². The van der Waals surface area contributed by atoms with Crippen molar-refractivity contribution >= 4 is 23.7 Å². The third kappa shape index (κ3) is 4.56. The van der Waals surface area contributed by atoms with Gasteiger partial charge in [0.2, 0.25) is 0 Å². The molecule has 0 spiro atoms. The Morgan fingerprint density at radius 3 is 2.23 bits per heavy atom. The number of benzene rings is 2. The molecule has 0 atom stereocenters. The summed E-state index contributed by atoms with van der Waals surface area (Å²) in [6.07, 6.45) is 6.29. The van der Waals surface area contributed by atoms with E-state index in [-0.39, 0.29) is 11.3 Å². The lowest BCUT2D eigenvalue weighted by Gasteiger charge is -2.17. The van der Waals surface area contributed by atoms with Crippen LogP contribution in [0.5, 0.6) is 0 Å². The molecule has 0 radical (unpaired) electrons. The largest absolute Gasteiger partial charge is 0.352 e. The van der Waals surface area contributed by atoms with E-state index in [9.17, 15) is 9.59 Å². The van der Waals surface area contributed by atoms with Gasteiger partial charge in [-0.3, -0.25) is 13.9 Å². The van der Waals surface area contributed by atoms with Crippen molar-refractivity contribution in [2.45, 2.75) is 45.1 Å². The van der Waals surface area contributed by atoms with Gasteiger partial charge in [0.25, 0.3) is 5.56 Å². The van der Waals surface area contributed by atoms with Crippen molar-refractivity contribution in [3.63, 3.8) is 0 Å². The minimum Gasteiger partial charge on any atom is -0.291 e. The smallest absolute Gasteiger partial charge is 0.291 e. The van der Waals surface area contributed by atoms with Crippen LogP contribution in [0.1, 0.15) is 38.5 Å². The highest BCUT2D eigenvalue weighted by atomic mass is 32.1. The number of nitrogens with zero attached hydrogens (tertiary/aromatic N) is 4. The van der Waals surface area contributed by atoms with E-state index in [1.54, 1.807) is 0 Å². The number of hydrogen-bond donors (Lipinski definition) is 1. The van der Waals surface area contributed by atoms with Gasteiger partial charge in [-0.25, -0.2) is 9.78 Å². The van der Waals surface area contributed by atoms with Gasteiger partial charge in [-0.05, 0) is 42.9 Å². The van der Waals surface area contributed by atoms with Crippen LogP contribution in [0.2, 0.25) is 0 Å². The molecule has 0 bridgehead atoms. The second-order valence-electron chi connectivity index (χ2n) is 7.64. The Hall–Kier alpha value is -2.93. The van der Waals surface area contributed by atoms with Crippen LogP contribution < -0.4 is 11.2 Å². The molecule has 7 heteroatoms. The lowest BCUT2D eigenvalue weighted by Crippen LogP contribution is -2.38. The third-order valence-electron chi connectivity index (χ3n) is 5.46. The predicted molar refractivity (Wildman–Crippen MR) is 128 cm³/mol. The first-order chi connectivity index (χ1) is 15.2. The summed E-state index contributed by atoms with van der Waals surface area (Å²) in [5.41, 5.74) is 1.64. The first-order valence-corrected chi connectivity index (χ1v) is 11.4. The monoisotopic (exact) mass is 434 g/mol. The normalized spacial score (nSPS) is 11.4. The minimum atomic E-state index is -0.519. The van der Waals surface area contributed by atoms with Crippen molar-refractivity contribution in [3.8, 4) is 17.2 Å². The molecular weight excluding hydrogens is 408 g/mol. The van der Waals surface area contributed by atoms with Gasteiger partial charge in [-0.2, -0.15) is 17.6 Å². The Morgan fingerprint density at radius 1 is 0.774 bits per heavy atom. The summed E-state index contributed by atoms with van der Waals surface area (Å²) in [5.74, 6) is 1.21. The number of fused-ring (bicyclic) bond motifs is 2. The summed E-state index contributed by atoms with van der Waals surface area (Å²) >= 11 is 4.23. The van der Waals surface area contributed by atoms with E-state index < -0.39 is 5.69 Å². The molecule has 31 heavy (non-hydrogen) atoms. The average molecular weight is 435 g/mol. The summed E-state index contributed by atoms with van der Waals surface area (Å²) in [5, 5.41) is 0. The molecule has 0 saturated carbocycles. The Kier molecular flexibility index (Phi) is 6.82. The van der Waals surface area contributed by atoms with Gasteiger partial charge in [0.1, 0.15) is 0 Å². The summed E-state index contributed by atoms with van der Waals surface area (Å²) in [6, 6.07) is 17.2. The van der Waals surface area contributed by atoms with Gasteiger partial charge >= 0.3 is 5.69 Å². The molecule has 4 rings (SSSR count). The number of aromatic nitrogens is 4. The second-order valence-corrected chi connectivity index (χ2v) is 8.09. The van der Waals surface area contributed by atoms with Crippen LogP contribution in [0.4, 0.5) is 0 Å². The standard InChI is InChI=1S/C24H26N4O2S/c29-23-21-22(26-24(30)27(23)16-10-3-1-2-4-11-17-31)28(18-12-6-5-7-13-18)20-15-9-8-14-19(20)25-21/h5-9,12-15,31H,1-4,10-11,16-17H2. The number of hydrogen-bond acceptors (Lipinski definition) is 5. The van der Waals surface area contributed by atoms with E-state index in [4.69, 9.17) is 0 Å². The van der Waals surface area contributed by atoms with Crippen LogP contribution in [0, 0.1) is 0 Å². The zero-order chi connectivity index (χ0) is 21.6. The van der Waals surface area contributed by atoms with Gasteiger partial charge in [-0.1, -0.05) is 56.0 Å². The molecule has 0 fully saturated rings. The first kappa shape index (κ1) is 21.3. The maximum atomic E-state index is 13.2. The lowest BCUT2D eigenvalue weighted by atomic mass is 10.1. The van der Waals surface area contributed by atoms with Crippen molar-refractivity contribution in [1.82, 2.24) is 19.1 Å². The summed E-state index contributed by atoms with van der Waals surface area (Å²) < 4.78 is 3.07. The van der Waals surface area contributed by atoms with Crippen molar-refractivity contribution < 1.29 is 0 Å². The summed E-state index contributed by atoms with van der Waals surface area (Å²) in [7, 11) is 0. The van der Waals surface area contributed by atoms with Crippen LogP contribution in [-0.2, 0) is 6.54 Å². The molecule has 2 aliphatic rings. The van der Waals surface area contributed by atoms with Gasteiger partial charge in [0.15, 0.2) is 11.5 Å². The van der Waals surface area contributed by atoms with Gasteiger partial charge in [0.05, 0.1) is 11.0 Å². The highest BCUT2D eigenvalue weighted by Crippen LogP contribution is 2.24. The Balaban J connectivity index is 1.72. The van der Waals surface area contributed by atoms with Crippen molar-refractivity contribution in [3.05, 3.63) is 75.4 Å². The molecule has 2 heterocycles. The van der Waals surface area contributed by atoms with E-state index in [1.165, 1.54) is 11.0 Å². The van der Waals surface area contributed by atoms with Crippen molar-refractivity contribution in [2.24, 2.45) is 0 Å². The zero-order valence-corrected chi connectivity index (χ0v) is 18.3. The molecule has 160 valence electrons. The number of unbranched alkanes of at least 4 members (excludes halogenated alkanes) is 5. The van der Waals surface area contributed by atoms with Gasteiger partial charge in [-0.15, -0.1) is 0 Å². The molecule has 0 amide bonds.